The van der Waals surface area contributed by atoms with E-state index in [4.69, 9.17) is 0 Å². The third-order valence-electron chi connectivity index (χ3n) is 6.35. The van der Waals surface area contributed by atoms with E-state index < -0.39 is 8.24 Å². The molecule has 2 rings (SSSR count). The first-order chi connectivity index (χ1) is 12.2. The maximum Gasteiger partial charge on any atom is 0.169 e. The Hall–Kier alpha value is -0.583. The summed E-state index contributed by atoms with van der Waals surface area (Å²) in [6.45, 7) is 19.1. The van der Waals surface area contributed by atoms with Crippen molar-refractivity contribution >= 4 is 35.1 Å². The molecule has 0 radical (unpaired) electrons. The van der Waals surface area contributed by atoms with Gasteiger partial charge in [-0.2, -0.15) is 0 Å². The van der Waals surface area contributed by atoms with E-state index in [2.05, 4.69) is 105 Å². The molecule has 2 aromatic rings. The van der Waals surface area contributed by atoms with E-state index in [0.717, 1.165) is 19.5 Å². The van der Waals surface area contributed by atoms with Crippen molar-refractivity contribution < 1.29 is 0 Å². The summed E-state index contributed by atoms with van der Waals surface area (Å²) in [5.41, 5.74) is 5.01. The highest BCUT2D eigenvalue weighted by molar-refractivity contribution is 9.10. The highest BCUT2D eigenvalue weighted by Gasteiger charge is 2.46. The Morgan fingerprint density at radius 1 is 1.04 bits per heavy atom. The lowest BCUT2D eigenvalue weighted by Gasteiger charge is -2.44. The van der Waals surface area contributed by atoms with Crippen LogP contribution in [0.15, 0.2) is 28.9 Å². The predicted molar refractivity (Wildman–Crippen MR) is 123 cm³/mol. The van der Waals surface area contributed by atoms with Gasteiger partial charge in [0, 0.05) is 21.9 Å². The van der Waals surface area contributed by atoms with Crippen molar-refractivity contribution in [3.63, 3.8) is 0 Å². The van der Waals surface area contributed by atoms with Gasteiger partial charge in [-0.25, -0.2) is 0 Å². The molecule has 0 aliphatic rings. The molecule has 2 nitrogen and oxygen atoms in total. The second kappa shape index (κ2) is 8.62. The Morgan fingerprint density at radius 2 is 1.62 bits per heavy atom. The van der Waals surface area contributed by atoms with Crippen LogP contribution in [0.25, 0.3) is 10.9 Å². The number of hydrogen-bond acceptors (Lipinski definition) is 1. The molecule has 0 N–H and O–H groups in total. The van der Waals surface area contributed by atoms with Crippen molar-refractivity contribution in [3.8, 4) is 0 Å². The van der Waals surface area contributed by atoms with Gasteiger partial charge in [0.05, 0.1) is 0 Å². The fourth-order valence-corrected chi connectivity index (χ4v) is 12.4. The van der Waals surface area contributed by atoms with Crippen molar-refractivity contribution in [3.05, 3.63) is 34.4 Å². The highest BCUT2D eigenvalue weighted by Crippen LogP contribution is 2.45. The minimum Gasteiger partial charge on any atom is -0.373 e. The molecule has 0 amide bonds. The van der Waals surface area contributed by atoms with Crippen molar-refractivity contribution in [1.82, 2.24) is 9.13 Å². The van der Waals surface area contributed by atoms with Gasteiger partial charge in [0.1, 0.15) is 0 Å². The number of likely N-dealkylation sites (N-methyl/N-ethyl adjacent to an activating group) is 1. The van der Waals surface area contributed by atoms with Crippen LogP contribution in [0.1, 0.15) is 54.0 Å². The standard InChI is InChI=1S/C22H37BrN2Si/c1-9-24(8)14-13-19-15-25(21-12-10-11-20(23)22(19)21)26(16(2)3,17(4)5)18(6)7/h10-12,15-18H,9,13-14H2,1-8H3. The largest absolute Gasteiger partial charge is 0.373 e. The van der Waals surface area contributed by atoms with Gasteiger partial charge < -0.3 is 9.13 Å². The van der Waals surface area contributed by atoms with Crippen LogP contribution in [0.4, 0.5) is 0 Å². The van der Waals surface area contributed by atoms with Gasteiger partial charge in [-0.3, -0.25) is 0 Å². The van der Waals surface area contributed by atoms with Crippen molar-refractivity contribution in [2.24, 2.45) is 0 Å². The van der Waals surface area contributed by atoms with E-state index in [1.807, 2.05) is 0 Å². The number of nitrogens with zero attached hydrogens (tertiary/aromatic N) is 2. The first kappa shape index (κ1) is 21.7. The molecular formula is C22H37BrN2Si. The van der Waals surface area contributed by atoms with Gasteiger partial charge >= 0.3 is 0 Å². The molecule has 146 valence electrons. The van der Waals surface area contributed by atoms with Gasteiger partial charge in [0.2, 0.25) is 0 Å². The van der Waals surface area contributed by atoms with Crippen LogP contribution in [0.2, 0.25) is 16.6 Å². The van der Waals surface area contributed by atoms with Crippen molar-refractivity contribution in [2.45, 2.75) is 71.5 Å². The molecule has 26 heavy (non-hydrogen) atoms. The molecule has 1 aromatic carbocycles. The van der Waals surface area contributed by atoms with E-state index in [1.165, 1.54) is 20.9 Å². The lowest BCUT2D eigenvalue weighted by atomic mass is 10.1. The SMILES string of the molecule is CCN(C)CCc1cn([Si](C(C)C)(C(C)C)C(C)C)c2cccc(Br)c12. The number of fused-ring (bicyclic) bond motifs is 1. The Bertz CT molecular complexity index is 711. The smallest absolute Gasteiger partial charge is 0.169 e. The van der Waals surface area contributed by atoms with E-state index in [0.29, 0.717) is 16.6 Å². The summed E-state index contributed by atoms with van der Waals surface area (Å²) < 4.78 is 4.00. The van der Waals surface area contributed by atoms with E-state index >= 15 is 0 Å². The zero-order valence-electron chi connectivity index (χ0n) is 17.9. The second-order valence-electron chi connectivity index (χ2n) is 8.66. The monoisotopic (exact) mass is 436 g/mol. The average molecular weight is 438 g/mol. The van der Waals surface area contributed by atoms with E-state index in [1.54, 1.807) is 0 Å². The molecule has 0 fully saturated rings. The van der Waals surface area contributed by atoms with Gasteiger partial charge in [0.15, 0.2) is 8.24 Å². The van der Waals surface area contributed by atoms with Crippen molar-refractivity contribution in [1.29, 1.82) is 0 Å². The average Bonchev–Trinajstić information content (AvgIpc) is 2.92. The Labute approximate surface area is 170 Å². The number of rotatable bonds is 8. The molecular weight excluding hydrogens is 400 g/mol. The highest BCUT2D eigenvalue weighted by atomic mass is 79.9. The van der Waals surface area contributed by atoms with Gasteiger partial charge in [-0.15, -0.1) is 0 Å². The minimum atomic E-state index is -1.75. The molecule has 0 saturated carbocycles. The van der Waals surface area contributed by atoms with Crippen LogP contribution in [0.5, 0.6) is 0 Å². The second-order valence-corrected chi connectivity index (χ2v) is 15.2. The summed E-state index contributed by atoms with van der Waals surface area (Å²) in [4.78, 5) is 2.40. The van der Waals surface area contributed by atoms with E-state index in [-0.39, 0.29) is 0 Å². The van der Waals surface area contributed by atoms with Crippen LogP contribution in [0, 0.1) is 0 Å². The maximum atomic E-state index is 3.85. The summed E-state index contributed by atoms with van der Waals surface area (Å²) in [6.07, 6.45) is 3.63. The molecule has 0 atom stereocenters. The zero-order valence-corrected chi connectivity index (χ0v) is 20.5. The van der Waals surface area contributed by atoms with Gasteiger partial charge in [-0.05, 0) is 60.5 Å². The summed E-state index contributed by atoms with van der Waals surface area (Å²) in [7, 11) is 0.459. The quantitative estimate of drug-likeness (QED) is 0.407. The third kappa shape index (κ3) is 3.70. The fourth-order valence-electron chi connectivity index (χ4n) is 5.14. The predicted octanol–water partition coefficient (Wildman–Crippen LogP) is 6.92. The van der Waals surface area contributed by atoms with Crippen LogP contribution in [0.3, 0.4) is 0 Å². The minimum absolute atomic E-state index is 0.697. The first-order valence-corrected chi connectivity index (χ1v) is 13.1. The molecule has 0 spiro atoms. The number of hydrogen-bond donors (Lipinski definition) is 0. The molecule has 0 unspecified atom stereocenters. The lowest BCUT2D eigenvalue weighted by molar-refractivity contribution is 0.358. The van der Waals surface area contributed by atoms with Gasteiger partial charge in [0.25, 0.3) is 0 Å². The van der Waals surface area contributed by atoms with Crippen LogP contribution >= 0.6 is 15.9 Å². The molecule has 0 bridgehead atoms. The zero-order chi connectivity index (χ0) is 19.6. The molecule has 0 aliphatic heterocycles. The number of aromatic nitrogens is 1. The summed E-state index contributed by atoms with van der Waals surface area (Å²) in [6, 6.07) is 6.73. The third-order valence-corrected chi connectivity index (χ3v) is 13.8. The van der Waals surface area contributed by atoms with Gasteiger partial charge in [-0.1, -0.05) is 70.5 Å². The van der Waals surface area contributed by atoms with E-state index in [9.17, 15) is 0 Å². The Morgan fingerprint density at radius 3 is 2.12 bits per heavy atom. The Balaban J connectivity index is 2.72. The van der Waals surface area contributed by atoms with Crippen LogP contribution < -0.4 is 0 Å². The molecule has 1 heterocycles. The van der Waals surface area contributed by atoms with Crippen molar-refractivity contribution in [2.75, 3.05) is 20.1 Å². The molecule has 0 saturated heterocycles. The first-order valence-electron chi connectivity index (χ1n) is 10.1. The topological polar surface area (TPSA) is 8.17 Å². The Kier molecular flexibility index (Phi) is 7.20. The summed E-state index contributed by atoms with van der Waals surface area (Å²) in [5.74, 6) is 0. The summed E-state index contributed by atoms with van der Waals surface area (Å²) in [5, 5.41) is 1.43. The molecule has 4 heteroatoms. The molecule has 0 aliphatic carbocycles. The number of halogens is 1. The number of benzene rings is 1. The summed E-state index contributed by atoms with van der Waals surface area (Å²) >= 11 is 3.85. The fraction of sp³-hybridized carbons (Fsp3) is 0.636. The maximum absolute atomic E-state index is 3.85. The van der Waals surface area contributed by atoms with Crippen LogP contribution in [-0.4, -0.2) is 37.5 Å². The van der Waals surface area contributed by atoms with Crippen LogP contribution in [-0.2, 0) is 6.42 Å². The lowest BCUT2D eigenvalue weighted by Crippen LogP contribution is -2.51. The molecule has 1 aromatic heterocycles. The normalized spacial score (nSPS) is 13.1.